The molecule has 0 spiro atoms. The first kappa shape index (κ1) is 19.0. The van der Waals surface area contributed by atoms with Crippen LogP contribution in [0.4, 0.5) is 0 Å². The smallest absolute Gasteiger partial charge is 0.124 e. The number of pyridine rings is 1. The summed E-state index contributed by atoms with van der Waals surface area (Å²) >= 11 is 18.1. The van der Waals surface area contributed by atoms with E-state index in [0.717, 1.165) is 22.4 Å². The van der Waals surface area contributed by atoms with E-state index in [2.05, 4.69) is 10.3 Å². The van der Waals surface area contributed by atoms with E-state index < -0.39 is 0 Å². The van der Waals surface area contributed by atoms with Gasteiger partial charge in [-0.2, -0.15) is 0 Å². The quantitative estimate of drug-likeness (QED) is 0.528. The molecule has 26 heavy (non-hydrogen) atoms. The summed E-state index contributed by atoms with van der Waals surface area (Å²) in [6.07, 6.45) is 3.60. The molecule has 1 aromatic heterocycles. The Morgan fingerprint density at radius 2 is 1.77 bits per heavy atom. The Hall–Kier alpha value is -1.78. The van der Waals surface area contributed by atoms with Gasteiger partial charge in [-0.3, -0.25) is 4.98 Å². The first-order valence-corrected chi connectivity index (χ1v) is 9.20. The zero-order valence-corrected chi connectivity index (χ0v) is 16.2. The third kappa shape index (κ3) is 5.36. The molecular weight excluding hydrogens is 391 g/mol. The zero-order valence-electron chi connectivity index (χ0n) is 13.9. The SMILES string of the molecule is Clc1ccc(OCc2ccc(Cl)c(Cl)c2)c(CNCc2cccnc2)c1. The van der Waals surface area contributed by atoms with Crippen molar-refractivity contribution in [2.45, 2.75) is 19.7 Å². The lowest BCUT2D eigenvalue weighted by molar-refractivity contribution is 0.302. The minimum atomic E-state index is 0.397. The summed E-state index contributed by atoms with van der Waals surface area (Å²) in [5.74, 6) is 0.777. The van der Waals surface area contributed by atoms with Crippen LogP contribution in [0.1, 0.15) is 16.7 Å². The molecule has 0 unspecified atom stereocenters. The standard InChI is InChI=1S/C20H17Cl3N2O/c21-17-4-6-20(26-13-14-3-5-18(22)19(23)8-14)16(9-17)12-25-11-15-2-1-7-24-10-15/h1-10,25H,11-13H2. The summed E-state index contributed by atoms with van der Waals surface area (Å²) in [5, 5.41) is 5.10. The minimum Gasteiger partial charge on any atom is -0.489 e. The Kier molecular flexibility index (Phi) is 6.75. The van der Waals surface area contributed by atoms with Gasteiger partial charge in [0.1, 0.15) is 12.4 Å². The fourth-order valence-electron chi connectivity index (χ4n) is 2.46. The van der Waals surface area contributed by atoms with E-state index >= 15 is 0 Å². The van der Waals surface area contributed by atoms with Crippen molar-refractivity contribution in [2.75, 3.05) is 0 Å². The maximum absolute atomic E-state index is 6.14. The zero-order chi connectivity index (χ0) is 18.4. The number of halogens is 3. The van der Waals surface area contributed by atoms with Crippen molar-refractivity contribution < 1.29 is 4.74 Å². The summed E-state index contributed by atoms with van der Waals surface area (Å²) in [4.78, 5) is 4.11. The van der Waals surface area contributed by atoms with E-state index in [9.17, 15) is 0 Å². The normalized spacial score (nSPS) is 10.7. The van der Waals surface area contributed by atoms with Crippen molar-refractivity contribution in [1.82, 2.24) is 10.3 Å². The molecular formula is C20H17Cl3N2O. The third-order valence-electron chi connectivity index (χ3n) is 3.77. The van der Waals surface area contributed by atoms with Gasteiger partial charge >= 0.3 is 0 Å². The number of aromatic nitrogens is 1. The van der Waals surface area contributed by atoms with Gasteiger partial charge in [-0.15, -0.1) is 0 Å². The molecule has 2 aromatic carbocycles. The van der Waals surface area contributed by atoms with Crippen LogP contribution < -0.4 is 10.1 Å². The predicted molar refractivity (Wildman–Crippen MR) is 107 cm³/mol. The molecule has 3 rings (SSSR count). The summed E-state index contributed by atoms with van der Waals surface area (Å²) in [7, 11) is 0. The summed E-state index contributed by atoms with van der Waals surface area (Å²) in [6, 6.07) is 15.0. The largest absolute Gasteiger partial charge is 0.489 e. The Bertz CT molecular complexity index is 872. The van der Waals surface area contributed by atoms with Gasteiger partial charge in [0.25, 0.3) is 0 Å². The molecule has 0 radical (unpaired) electrons. The second-order valence-corrected chi connectivity index (χ2v) is 7.00. The second kappa shape index (κ2) is 9.24. The maximum Gasteiger partial charge on any atom is 0.124 e. The van der Waals surface area contributed by atoms with Crippen LogP contribution in [0.3, 0.4) is 0 Å². The van der Waals surface area contributed by atoms with Crippen LogP contribution in [0, 0.1) is 0 Å². The van der Waals surface area contributed by atoms with Gasteiger partial charge in [0, 0.05) is 36.1 Å². The first-order chi connectivity index (χ1) is 12.6. The van der Waals surface area contributed by atoms with Crippen molar-refractivity contribution in [3.63, 3.8) is 0 Å². The molecule has 0 amide bonds. The molecule has 0 bridgehead atoms. The van der Waals surface area contributed by atoms with E-state index in [-0.39, 0.29) is 0 Å². The molecule has 1 N–H and O–H groups in total. The lowest BCUT2D eigenvalue weighted by Crippen LogP contribution is -2.13. The number of ether oxygens (including phenoxy) is 1. The van der Waals surface area contributed by atoms with E-state index in [1.807, 2.05) is 42.6 Å². The van der Waals surface area contributed by atoms with Crippen molar-refractivity contribution in [3.8, 4) is 5.75 Å². The van der Waals surface area contributed by atoms with E-state index in [0.29, 0.717) is 34.8 Å². The van der Waals surface area contributed by atoms with Crippen LogP contribution in [0.5, 0.6) is 5.75 Å². The summed E-state index contributed by atoms with van der Waals surface area (Å²) in [5.41, 5.74) is 3.05. The fraction of sp³-hybridized carbons (Fsp3) is 0.150. The van der Waals surface area contributed by atoms with Crippen LogP contribution in [-0.4, -0.2) is 4.98 Å². The molecule has 134 valence electrons. The van der Waals surface area contributed by atoms with Crippen LogP contribution in [0.15, 0.2) is 60.9 Å². The molecule has 3 aromatic rings. The number of nitrogens with one attached hydrogen (secondary N) is 1. The average Bonchev–Trinajstić information content (AvgIpc) is 2.65. The van der Waals surface area contributed by atoms with E-state index in [4.69, 9.17) is 39.5 Å². The second-order valence-electron chi connectivity index (χ2n) is 5.75. The van der Waals surface area contributed by atoms with Crippen molar-refractivity contribution in [3.05, 3.63) is 92.7 Å². The maximum atomic E-state index is 6.14. The Morgan fingerprint density at radius 1 is 0.885 bits per heavy atom. The van der Waals surface area contributed by atoms with Gasteiger partial charge in [0.05, 0.1) is 10.0 Å². The molecule has 0 fully saturated rings. The highest BCUT2D eigenvalue weighted by Gasteiger charge is 2.07. The topological polar surface area (TPSA) is 34.1 Å². The number of nitrogens with zero attached hydrogens (tertiary/aromatic N) is 1. The highest BCUT2D eigenvalue weighted by Crippen LogP contribution is 2.26. The molecule has 0 atom stereocenters. The summed E-state index contributed by atoms with van der Waals surface area (Å²) in [6.45, 7) is 1.74. The molecule has 6 heteroatoms. The van der Waals surface area contributed by atoms with Gasteiger partial charge < -0.3 is 10.1 Å². The molecule has 0 saturated carbocycles. The lowest BCUT2D eigenvalue weighted by Gasteiger charge is -2.13. The molecule has 0 aliphatic heterocycles. The van der Waals surface area contributed by atoms with Gasteiger partial charge in [0.2, 0.25) is 0 Å². The Morgan fingerprint density at radius 3 is 2.54 bits per heavy atom. The fourth-order valence-corrected chi connectivity index (χ4v) is 2.98. The van der Waals surface area contributed by atoms with Crippen molar-refractivity contribution in [2.24, 2.45) is 0 Å². The van der Waals surface area contributed by atoms with Gasteiger partial charge in [-0.1, -0.05) is 46.9 Å². The van der Waals surface area contributed by atoms with Crippen molar-refractivity contribution >= 4 is 34.8 Å². The lowest BCUT2D eigenvalue weighted by atomic mass is 10.2. The highest BCUT2D eigenvalue weighted by molar-refractivity contribution is 6.42. The third-order valence-corrected chi connectivity index (χ3v) is 4.74. The van der Waals surface area contributed by atoms with E-state index in [1.165, 1.54) is 0 Å². The molecule has 0 aliphatic rings. The Labute approximate surface area is 167 Å². The molecule has 0 aliphatic carbocycles. The molecule has 3 nitrogen and oxygen atoms in total. The monoisotopic (exact) mass is 406 g/mol. The van der Waals surface area contributed by atoms with Gasteiger partial charge in [-0.25, -0.2) is 0 Å². The number of hydrogen-bond donors (Lipinski definition) is 1. The predicted octanol–water partition coefficient (Wildman–Crippen LogP) is 5.91. The molecule has 1 heterocycles. The average molecular weight is 408 g/mol. The van der Waals surface area contributed by atoms with Crippen LogP contribution in [0.2, 0.25) is 15.1 Å². The van der Waals surface area contributed by atoms with Gasteiger partial charge in [0.15, 0.2) is 0 Å². The minimum absolute atomic E-state index is 0.397. The van der Waals surface area contributed by atoms with Crippen LogP contribution in [0.25, 0.3) is 0 Å². The van der Waals surface area contributed by atoms with Crippen molar-refractivity contribution in [1.29, 1.82) is 0 Å². The Balaban J connectivity index is 1.64. The van der Waals surface area contributed by atoms with Crippen LogP contribution in [-0.2, 0) is 19.7 Å². The molecule has 0 saturated heterocycles. The van der Waals surface area contributed by atoms with Crippen LogP contribution >= 0.6 is 34.8 Å². The summed E-state index contributed by atoms with van der Waals surface area (Å²) < 4.78 is 5.96. The first-order valence-electron chi connectivity index (χ1n) is 8.06. The number of hydrogen-bond acceptors (Lipinski definition) is 3. The van der Waals surface area contributed by atoms with E-state index in [1.54, 1.807) is 18.3 Å². The van der Waals surface area contributed by atoms with Gasteiger partial charge in [-0.05, 0) is 47.5 Å². The highest BCUT2D eigenvalue weighted by atomic mass is 35.5. The number of benzene rings is 2. The number of rotatable bonds is 7.